The number of hydrogen-bond donors (Lipinski definition) is 1. The lowest BCUT2D eigenvalue weighted by molar-refractivity contribution is -0.120. The SMILES string of the molecule is CCCOc1c(Cl)cc(CCNC(=O)CC#N)cc1OCC. The van der Waals surface area contributed by atoms with Gasteiger partial charge in [-0.1, -0.05) is 18.5 Å². The molecule has 0 aromatic heterocycles. The fourth-order valence-electron chi connectivity index (χ4n) is 1.85. The van der Waals surface area contributed by atoms with Crippen LogP contribution >= 0.6 is 11.6 Å². The average molecular weight is 325 g/mol. The summed E-state index contributed by atoms with van der Waals surface area (Å²) in [5, 5.41) is 11.6. The minimum Gasteiger partial charge on any atom is -0.490 e. The number of nitrogens with one attached hydrogen (secondary N) is 1. The van der Waals surface area contributed by atoms with Gasteiger partial charge in [-0.25, -0.2) is 0 Å². The Kier molecular flexibility index (Phi) is 8.16. The molecule has 1 aromatic rings. The Hall–Kier alpha value is -1.93. The van der Waals surface area contributed by atoms with E-state index in [-0.39, 0.29) is 12.3 Å². The molecule has 0 aliphatic heterocycles. The van der Waals surface area contributed by atoms with Crippen molar-refractivity contribution < 1.29 is 14.3 Å². The third kappa shape index (κ3) is 5.82. The molecule has 0 saturated carbocycles. The van der Waals surface area contributed by atoms with Crippen molar-refractivity contribution in [2.45, 2.75) is 33.1 Å². The number of ether oxygens (including phenoxy) is 2. The first kappa shape index (κ1) is 18.1. The number of rotatable bonds is 9. The molecule has 0 heterocycles. The second-order valence-electron chi connectivity index (χ2n) is 4.62. The molecule has 1 aromatic carbocycles. The van der Waals surface area contributed by atoms with E-state index >= 15 is 0 Å². The van der Waals surface area contributed by atoms with Gasteiger partial charge < -0.3 is 14.8 Å². The number of carbonyl (C=O) groups is 1. The quantitative estimate of drug-likeness (QED) is 0.757. The molecule has 1 N–H and O–H groups in total. The van der Waals surface area contributed by atoms with Crippen molar-refractivity contribution in [2.75, 3.05) is 19.8 Å². The lowest BCUT2D eigenvalue weighted by Gasteiger charge is -2.15. The van der Waals surface area contributed by atoms with E-state index in [0.717, 1.165) is 12.0 Å². The molecular weight excluding hydrogens is 304 g/mol. The molecule has 0 saturated heterocycles. The fraction of sp³-hybridized carbons (Fsp3) is 0.500. The molecule has 0 aliphatic rings. The van der Waals surface area contributed by atoms with Crippen molar-refractivity contribution in [1.82, 2.24) is 5.32 Å². The summed E-state index contributed by atoms with van der Waals surface area (Å²) in [5.41, 5.74) is 0.939. The Morgan fingerprint density at radius 1 is 1.36 bits per heavy atom. The summed E-state index contributed by atoms with van der Waals surface area (Å²) in [6, 6.07) is 5.49. The van der Waals surface area contributed by atoms with Gasteiger partial charge in [0.2, 0.25) is 5.91 Å². The summed E-state index contributed by atoms with van der Waals surface area (Å²) in [4.78, 5) is 11.2. The molecule has 0 fully saturated rings. The smallest absolute Gasteiger partial charge is 0.234 e. The van der Waals surface area contributed by atoms with E-state index in [1.54, 1.807) is 0 Å². The zero-order chi connectivity index (χ0) is 16.4. The van der Waals surface area contributed by atoms with E-state index in [2.05, 4.69) is 5.32 Å². The molecular formula is C16H21ClN2O3. The standard InChI is InChI=1S/C16H21ClN2O3/c1-3-9-22-16-13(17)10-12(11-14(16)21-4-2)6-8-19-15(20)5-7-18/h10-11H,3-6,8-9H2,1-2H3,(H,19,20). The van der Waals surface area contributed by atoms with Crippen LogP contribution in [0.1, 0.15) is 32.3 Å². The normalized spacial score (nSPS) is 9.91. The Bertz CT molecular complexity index is 541. The second kappa shape index (κ2) is 9.91. The van der Waals surface area contributed by atoms with Crippen LogP contribution in [-0.2, 0) is 11.2 Å². The largest absolute Gasteiger partial charge is 0.490 e. The summed E-state index contributed by atoms with van der Waals surface area (Å²) in [7, 11) is 0. The summed E-state index contributed by atoms with van der Waals surface area (Å²) in [6.07, 6.45) is 1.36. The summed E-state index contributed by atoms with van der Waals surface area (Å²) >= 11 is 6.26. The van der Waals surface area contributed by atoms with E-state index in [4.69, 9.17) is 26.3 Å². The van der Waals surface area contributed by atoms with E-state index in [1.165, 1.54) is 0 Å². The van der Waals surface area contributed by atoms with Gasteiger partial charge in [0.15, 0.2) is 11.5 Å². The highest BCUT2D eigenvalue weighted by atomic mass is 35.5. The lowest BCUT2D eigenvalue weighted by Crippen LogP contribution is -2.24. The molecule has 0 unspecified atom stereocenters. The van der Waals surface area contributed by atoms with Crippen LogP contribution in [0.3, 0.4) is 0 Å². The lowest BCUT2D eigenvalue weighted by atomic mass is 10.1. The minimum atomic E-state index is -0.276. The first-order valence-electron chi connectivity index (χ1n) is 7.34. The third-order valence-corrected chi connectivity index (χ3v) is 3.08. The predicted molar refractivity (Wildman–Crippen MR) is 85.4 cm³/mol. The highest BCUT2D eigenvalue weighted by molar-refractivity contribution is 6.32. The van der Waals surface area contributed by atoms with Gasteiger partial charge in [0, 0.05) is 6.54 Å². The van der Waals surface area contributed by atoms with E-state index in [9.17, 15) is 4.79 Å². The Labute approximate surface area is 136 Å². The zero-order valence-electron chi connectivity index (χ0n) is 12.9. The maximum atomic E-state index is 11.2. The molecule has 0 atom stereocenters. The van der Waals surface area contributed by atoms with Crippen LogP contribution in [0.15, 0.2) is 12.1 Å². The molecule has 22 heavy (non-hydrogen) atoms. The predicted octanol–water partition coefficient (Wildman–Crippen LogP) is 3.10. The third-order valence-electron chi connectivity index (χ3n) is 2.80. The number of amides is 1. The van der Waals surface area contributed by atoms with E-state index in [0.29, 0.717) is 42.7 Å². The molecule has 1 amide bonds. The number of nitriles is 1. The van der Waals surface area contributed by atoms with Crippen molar-refractivity contribution in [3.8, 4) is 17.6 Å². The van der Waals surface area contributed by atoms with Crippen LogP contribution in [0.4, 0.5) is 0 Å². The maximum absolute atomic E-state index is 11.2. The van der Waals surface area contributed by atoms with Crippen LogP contribution in [-0.4, -0.2) is 25.7 Å². The summed E-state index contributed by atoms with van der Waals surface area (Å²) < 4.78 is 11.2. The molecule has 0 radical (unpaired) electrons. The highest BCUT2D eigenvalue weighted by Crippen LogP contribution is 2.36. The van der Waals surface area contributed by atoms with Gasteiger partial charge in [0.1, 0.15) is 6.42 Å². The molecule has 6 heteroatoms. The molecule has 120 valence electrons. The van der Waals surface area contributed by atoms with E-state index < -0.39 is 0 Å². The number of nitrogens with zero attached hydrogens (tertiary/aromatic N) is 1. The fourth-order valence-corrected chi connectivity index (χ4v) is 2.14. The van der Waals surface area contributed by atoms with Crippen LogP contribution < -0.4 is 14.8 Å². The van der Waals surface area contributed by atoms with Gasteiger partial charge in [-0.3, -0.25) is 4.79 Å². The summed E-state index contributed by atoms with van der Waals surface area (Å²) in [6.45, 7) is 5.45. The van der Waals surface area contributed by atoms with Crippen LogP contribution in [0, 0.1) is 11.3 Å². The monoisotopic (exact) mass is 324 g/mol. The average Bonchev–Trinajstić information content (AvgIpc) is 2.47. The first-order chi connectivity index (χ1) is 10.6. The first-order valence-corrected chi connectivity index (χ1v) is 7.71. The topological polar surface area (TPSA) is 71.3 Å². The minimum absolute atomic E-state index is 0.130. The van der Waals surface area contributed by atoms with Crippen LogP contribution in [0.2, 0.25) is 5.02 Å². The highest BCUT2D eigenvalue weighted by Gasteiger charge is 2.12. The second-order valence-corrected chi connectivity index (χ2v) is 5.03. The van der Waals surface area contributed by atoms with Crippen LogP contribution in [0.5, 0.6) is 11.5 Å². The van der Waals surface area contributed by atoms with Gasteiger partial charge in [-0.15, -0.1) is 0 Å². The van der Waals surface area contributed by atoms with Gasteiger partial charge in [0.05, 0.1) is 24.3 Å². The van der Waals surface area contributed by atoms with Crippen molar-refractivity contribution in [2.24, 2.45) is 0 Å². The zero-order valence-corrected chi connectivity index (χ0v) is 13.7. The molecule has 0 bridgehead atoms. The Morgan fingerprint density at radius 2 is 2.14 bits per heavy atom. The molecule has 5 nitrogen and oxygen atoms in total. The maximum Gasteiger partial charge on any atom is 0.234 e. The van der Waals surface area contributed by atoms with Gasteiger partial charge >= 0.3 is 0 Å². The Morgan fingerprint density at radius 3 is 2.77 bits per heavy atom. The van der Waals surface area contributed by atoms with Crippen molar-refractivity contribution in [3.63, 3.8) is 0 Å². The molecule has 0 spiro atoms. The van der Waals surface area contributed by atoms with Crippen molar-refractivity contribution >= 4 is 17.5 Å². The van der Waals surface area contributed by atoms with Gasteiger partial charge in [-0.2, -0.15) is 5.26 Å². The number of hydrogen-bond acceptors (Lipinski definition) is 4. The van der Waals surface area contributed by atoms with Crippen molar-refractivity contribution in [3.05, 3.63) is 22.7 Å². The molecule has 0 aliphatic carbocycles. The molecule has 1 rings (SSSR count). The number of halogens is 1. The van der Waals surface area contributed by atoms with Crippen LogP contribution in [0.25, 0.3) is 0 Å². The Balaban J connectivity index is 2.76. The van der Waals surface area contributed by atoms with Gasteiger partial charge in [-0.05, 0) is 37.5 Å². The number of carbonyl (C=O) groups excluding carboxylic acids is 1. The van der Waals surface area contributed by atoms with Crippen molar-refractivity contribution in [1.29, 1.82) is 5.26 Å². The van der Waals surface area contributed by atoms with E-state index in [1.807, 2.05) is 32.0 Å². The summed E-state index contributed by atoms with van der Waals surface area (Å²) in [5.74, 6) is 0.894. The van der Waals surface area contributed by atoms with Gasteiger partial charge in [0.25, 0.3) is 0 Å². The number of benzene rings is 1.